The fourth-order valence-electron chi connectivity index (χ4n) is 4.33. The van der Waals surface area contributed by atoms with Crippen molar-refractivity contribution in [3.05, 3.63) is 97.1 Å². The predicted octanol–water partition coefficient (Wildman–Crippen LogP) is 6.85. The third-order valence-electron chi connectivity index (χ3n) is 5.63. The van der Waals surface area contributed by atoms with E-state index in [-0.39, 0.29) is 0 Å². The summed E-state index contributed by atoms with van der Waals surface area (Å²) in [6, 6.07) is 30.6. The van der Waals surface area contributed by atoms with Gasteiger partial charge >= 0.3 is 16.5 Å². The van der Waals surface area contributed by atoms with E-state index in [1.54, 1.807) is 24.3 Å². The van der Waals surface area contributed by atoms with Gasteiger partial charge in [-0.05, 0) is 68.1 Å². The third kappa shape index (κ3) is 4.37. The van der Waals surface area contributed by atoms with Gasteiger partial charge in [-0.3, -0.25) is 0 Å². The van der Waals surface area contributed by atoms with Crippen molar-refractivity contribution in [3.63, 3.8) is 0 Å². The first-order valence-electron chi connectivity index (χ1n) is 10.5. The maximum absolute atomic E-state index is 11.0. The number of hydrogen-bond donors (Lipinski definition) is 2. The molecule has 5 rings (SSSR count). The van der Waals surface area contributed by atoms with E-state index < -0.39 is 16.5 Å². The zero-order valence-electron chi connectivity index (χ0n) is 17.8. The van der Waals surface area contributed by atoms with Gasteiger partial charge in [0.25, 0.3) is 0 Å². The van der Waals surface area contributed by atoms with Gasteiger partial charge in [0, 0.05) is 0 Å². The molecule has 0 aliphatic heterocycles. The molecule has 0 saturated carbocycles. The van der Waals surface area contributed by atoms with Gasteiger partial charge in [0.1, 0.15) is 11.5 Å². The Morgan fingerprint density at radius 2 is 0.765 bits per heavy atom. The molecule has 0 aromatic heterocycles. The van der Waals surface area contributed by atoms with Crippen LogP contribution in [-0.4, -0.2) is 9.79 Å². The molecule has 0 aliphatic carbocycles. The molecule has 0 aliphatic rings. The van der Waals surface area contributed by atoms with Gasteiger partial charge in [-0.1, -0.05) is 72.8 Å². The first-order valence-corrected chi connectivity index (χ1v) is 13.0. The van der Waals surface area contributed by atoms with Crippen LogP contribution < -0.4 is 9.05 Å². The lowest BCUT2D eigenvalue weighted by atomic mass is 9.86. The molecule has 0 saturated heterocycles. The molecule has 2 unspecified atom stereocenters. The second kappa shape index (κ2) is 9.46. The Hall–Kier alpha value is -3.40. The highest BCUT2D eigenvalue weighted by molar-refractivity contribution is 7.32. The molecule has 0 bridgehead atoms. The summed E-state index contributed by atoms with van der Waals surface area (Å²) in [6.07, 6.45) is 0. The maximum atomic E-state index is 11.0. The summed E-state index contributed by atoms with van der Waals surface area (Å²) >= 11 is 0. The Morgan fingerprint density at radius 3 is 1.03 bits per heavy atom. The molecule has 0 spiro atoms. The Morgan fingerprint density at radius 1 is 0.471 bits per heavy atom. The molecule has 0 amide bonds. The Kier molecular flexibility index (Phi) is 6.23. The molecular formula is C26H20O6P2. The van der Waals surface area contributed by atoms with Crippen molar-refractivity contribution in [1.82, 2.24) is 0 Å². The van der Waals surface area contributed by atoms with Crippen LogP contribution in [0.25, 0.3) is 43.8 Å². The number of benzene rings is 5. The van der Waals surface area contributed by atoms with E-state index in [0.29, 0.717) is 11.5 Å². The summed E-state index contributed by atoms with van der Waals surface area (Å²) in [6.45, 7) is 0. The highest BCUT2D eigenvalue weighted by atomic mass is 31.1. The van der Waals surface area contributed by atoms with Gasteiger partial charge in [-0.25, -0.2) is 9.13 Å². The minimum atomic E-state index is -3.07. The van der Waals surface area contributed by atoms with Gasteiger partial charge in [-0.2, -0.15) is 0 Å². The average molecular weight is 490 g/mol. The fraction of sp³-hybridized carbons (Fsp3) is 0. The number of fused-ring (bicyclic) bond motifs is 2. The number of hydrogen-bond acceptors (Lipinski definition) is 4. The monoisotopic (exact) mass is 490 g/mol. The van der Waals surface area contributed by atoms with Gasteiger partial charge in [0.15, 0.2) is 0 Å². The van der Waals surface area contributed by atoms with Gasteiger partial charge in [-0.15, -0.1) is 0 Å². The van der Waals surface area contributed by atoms with Crippen LogP contribution in [0.5, 0.6) is 11.5 Å². The first kappa shape index (κ1) is 22.4. The predicted molar refractivity (Wildman–Crippen MR) is 136 cm³/mol. The molecule has 6 nitrogen and oxygen atoms in total. The minimum absolute atomic E-state index is 0.341. The summed E-state index contributed by atoms with van der Waals surface area (Å²) in [5.41, 5.74) is 4.02. The van der Waals surface area contributed by atoms with Crippen LogP contribution in [0.3, 0.4) is 0 Å². The first-order chi connectivity index (χ1) is 16.5. The summed E-state index contributed by atoms with van der Waals surface area (Å²) in [5, 5.41) is 4.23. The molecule has 2 atom stereocenters. The lowest BCUT2D eigenvalue weighted by Crippen LogP contribution is -1.91. The molecule has 5 aromatic carbocycles. The highest BCUT2D eigenvalue weighted by Crippen LogP contribution is 2.44. The maximum Gasteiger partial charge on any atom is 0.365 e. The largest absolute Gasteiger partial charge is 0.426 e. The van der Waals surface area contributed by atoms with Gasteiger partial charge in [0.05, 0.1) is 0 Å². The van der Waals surface area contributed by atoms with Crippen molar-refractivity contribution in [1.29, 1.82) is 0 Å². The molecule has 0 fully saturated rings. The Labute approximate surface area is 196 Å². The molecule has 0 heterocycles. The molecule has 34 heavy (non-hydrogen) atoms. The van der Waals surface area contributed by atoms with Crippen LogP contribution in [0.15, 0.2) is 97.1 Å². The van der Waals surface area contributed by atoms with E-state index in [9.17, 15) is 9.13 Å². The summed E-state index contributed by atoms with van der Waals surface area (Å²) < 4.78 is 32.0. The van der Waals surface area contributed by atoms with E-state index >= 15 is 0 Å². The number of rotatable bonds is 6. The van der Waals surface area contributed by atoms with E-state index in [2.05, 4.69) is 24.3 Å². The van der Waals surface area contributed by atoms with Crippen LogP contribution in [0, 0.1) is 0 Å². The second-order valence-corrected chi connectivity index (χ2v) is 9.10. The van der Waals surface area contributed by atoms with Crippen LogP contribution >= 0.6 is 16.5 Å². The summed E-state index contributed by atoms with van der Waals surface area (Å²) in [5.74, 6) is 0.682. The average Bonchev–Trinajstić information content (AvgIpc) is 2.83. The smallest absolute Gasteiger partial charge is 0.365 e. The Balaban J connectivity index is 1.75. The van der Waals surface area contributed by atoms with Crippen molar-refractivity contribution < 1.29 is 28.0 Å². The standard InChI is InChI=1S/C26H20O6P2/c27-33(28)31-19-13-9-17(10-14-19)25-21-5-1-2-6-22(21)26(24-8-4-3-7-23(24)25)18-11-15-20(16-12-18)32-34(29)30/h1-16,33-34H,(H,27,28)(H,29,30). The molecular weight excluding hydrogens is 470 g/mol. The van der Waals surface area contributed by atoms with E-state index in [4.69, 9.17) is 18.8 Å². The molecule has 2 N–H and O–H groups in total. The van der Waals surface area contributed by atoms with Crippen molar-refractivity contribution >= 4 is 38.1 Å². The molecule has 0 radical (unpaired) electrons. The normalized spacial score (nSPS) is 13.0. The van der Waals surface area contributed by atoms with E-state index in [1.807, 2.05) is 48.5 Å². The van der Waals surface area contributed by atoms with Crippen molar-refractivity contribution in [2.45, 2.75) is 0 Å². The van der Waals surface area contributed by atoms with Crippen LogP contribution in [-0.2, 0) is 9.13 Å². The zero-order valence-corrected chi connectivity index (χ0v) is 19.8. The zero-order chi connectivity index (χ0) is 23.7. The van der Waals surface area contributed by atoms with E-state index in [1.165, 1.54) is 0 Å². The molecule has 170 valence electrons. The van der Waals surface area contributed by atoms with Crippen molar-refractivity contribution in [3.8, 4) is 33.8 Å². The molecule has 8 heteroatoms. The minimum Gasteiger partial charge on any atom is -0.426 e. The topological polar surface area (TPSA) is 93.1 Å². The SMILES string of the molecule is O=[PH](O)Oc1ccc(-c2c3ccccc3c(-c3ccc(O[PH](=O)O)cc3)c3ccccc23)cc1. The quantitative estimate of drug-likeness (QED) is 0.200. The van der Waals surface area contributed by atoms with Gasteiger partial charge in [0.2, 0.25) is 0 Å². The van der Waals surface area contributed by atoms with Crippen molar-refractivity contribution in [2.75, 3.05) is 0 Å². The van der Waals surface area contributed by atoms with Crippen molar-refractivity contribution in [2.24, 2.45) is 0 Å². The van der Waals surface area contributed by atoms with E-state index in [0.717, 1.165) is 43.8 Å². The van der Waals surface area contributed by atoms with Crippen LogP contribution in [0.1, 0.15) is 0 Å². The molecule has 5 aromatic rings. The lowest BCUT2D eigenvalue weighted by Gasteiger charge is -2.18. The lowest BCUT2D eigenvalue weighted by molar-refractivity contribution is 0.409. The summed E-state index contributed by atoms with van der Waals surface area (Å²) in [4.78, 5) is 18.1. The van der Waals surface area contributed by atoms with Crippen LogP contribution in [0.2, 0.25) is 0 Å². The highest BCUT2D eigenvalue weighted by Gasteiger charge is 2.16. The fourth-order valence-corrected chi connectivity index (χ4v) is 5.01. The Bertz CT molecular complexity index is 1370. The van der Waals surface area contributed by atoms with Gasteiger partial charge < -0.3 is 18.8 Å². The van der Waals surface area contributed by atoms with Crippen LogP contribution in [0.4, 0.5) is 0 Å². The second-order valence-electron chi connectivity index (χ2n) is 7.63. The third-order valence-corrected chi connectivity index (χ3v) is 6.45. The summed E-state index contributed by atoms with van der Waals surface area (Å²) in [7, 11) is -6.13.